The van der Waals surface area contributed by atoms with E-state index < -0.39 is 29.4 Å². The van der Waals surface area contributed by atoms with E-state index in [0.717, 1.165) is 12.1 Å². The van der Waals surface area contributed by atoms with E-state index in [1.54, 1.807) is 0 Å². The molecule has 0 saturated carbocycles. The smallest absolute Gasteiger partial charge is 0.339 e. The lowest BCUT2D eigenvalue weighted by Gasteiger charge is -2.21. The number of nitrogens with zero attached hydrogens (tertiary/aromatic N) is 1. The number of halogens is 2. The number of hydrogen-bond donors (Lipinski definition) is 1. The van der Waals surface area contributed by atoms with Crippen molar-refractivity contribution >= 4 is 11.9 Å². The predicted octanol–water partition coefficient (Wildman–Crippen LogP) is 3.33. The molecule has 7 heteroatoms. The summed E-state index contributed by atoms with van der Waals surface area (Å²) in [5.74, 6) is -3.72. The van der Waals surface area contributed by atoms with Crippen LogP contribution in [0.2, 0.25) is 0 Å². The Morgan fingerprint density at radius 2 is 1.88 bits per heavy atom. The lowest BCUT2D eigenvalue weighted by molar-refractivity contribution is -0.132. The van der Waals surface area contributed by atoms with Gasteiger partial charge in [0.05, 0.1) is 12.5 Å². The van der Waals surface area contributed by atoms with Crippen LogP contribution in [0, 0.1) is 18.6 Å². The molecule has 0 saturated heterocycles. The molecule has 0 spiro atoms. The van der Waals surface area contributed by atoms with Crippen molar-refractivity contribution in [2.45, 2.75) is 26.3 Å². The molecule has 1 N–H and O–H groups in total. The number of carboxylic acid groups (broad SMARTS) is 1. The van der Waals surface area contributed by atoms with Crippen molar-refractivity contribution in [1.29, 1.82) is 0 Å². The van der Waals surface area contributed by atoms with Crippen LogP contribution in [0.5, 0.6) is 0 Å². The van der Waals surface area contributed by atoms with Gasteiger partial charge in [0.1, 0.15) is 28.7 Å². The van der Waals surface area contributed by atoms with Crippen LogP contribution < -0.4 is 0 Å². The molecular formula is C17H17F2NO4. The van der Waals surface area contributed by atoms with Crippen LogP contribution in [0.25, 0.3) is 0 Å². The summed E-state index contributed by atoms with van der Waals surface area (Å²) in [7, 11) is 1.45. The third-order valence-corrected chi connectivity index (χ3v) is 3.77. The second kappa shape index (κ2) is 6.82. The Labute approximate surface area is 137 Å². The lowest BCUT2D eigenvalue weighted by atomic mass is 9.98. The zero-order chi connectivity index (χ0) is 18.0. The van der Waals surface area contributed by atoms with Crippen LogP contribution in [-0.4, -0.2) is 28.9 Å². The van der Waals surface area contributed by atoms with Gasteiger partial charge >= 0.3 is 5.97 Å². The van der Waals surface area contributed by atoms with Crippen LogP contribution in [0.15, 0.2) is 28.7 Å². The lowest BCUT2D eigenvalue weighted by Crippen LogP contribution is -2.30. The van der Waals surface area contributed by atoms with Gasteiger partial charge in [0.2, 0.25) is 5.91 Å². The highest BCUT2D eigenvalue weighted by Gasteiger charge is 2.26. The van der Waals surface area contributed by atoms with Gasteiger partial charge in [0.25, 0.3) is 0 Å². The third kappa shape index (κ3) is 3.45. The van der Waals surface area contributed by atoms with Gasteiger partial charge < -0.3 is 14.4 Å². The number of likely N-dealkylation sites (N-methyl/N-ethyl adjacent to an activating group) is 1. The van der Waals surface area contributed by atoms with Gasteiger partial charge in [-0.15, -0.1) is 0 Å². The standard InChI is InChI=1S/C17H17F2NO4/c1-9(15-13(18)5-4-6-14(15)19)16(21)20(3)8-11-7-12(17(22)23)10(2)24-11/h4-7,9H,8H2,1-3H3,(H,22,23). The molecule has 1 heterocycles. The average molecular weight is 337 g/mol. The molecule has 0 fully saturated rings. The summed E-state index contributed by atoms with van der Waals surface area (Å²) in [6.45, 7) is 2.91. The number of hydrogen-bond acceptors (Lipinski definition) is 3. The number of benzene rings is 1. The Morgan fingerprint density at radius 1 is 1.29 bits per heavy atom. The van der Waals surface area contributed by atoms with Crippen molar-refractivity contribution in [3.8, 4) is 0 Å². The summed E-state index contributed by atoms with van der Waals surface area (Å²) in [5.41, 5.74) is -0.282. The van der Waals surface area contributed by atoms with E-state index >= 15 is 0 Å². The van der Waals surface area contributed by atoms with E-state index in [-0.39, 0.29) is 29.2 Å². The van der Waals surface area contributed by atoms with E-state index in [1.807, 2.05) is 0 Å². The van der Waals surface area contributed by atoms with E-state index in [0.29, 0.717) is 0 Å². The molecule has 2 aromatic rings. The Hall–Kier alpha value is -2.70. The molecule has 1 atom stereocenters. The number of carboxylic acids is 1. The maximum Gasteiger partial charge on any atom is 0.339 e. The minimum absolute atomic E-state index is 0.00658. The quantitative estimate of drug-likeness (QED) is 0.908. The Balaban J connectivity index is 2.17. The molecule has 1 aromatic carbocycles. The van der Waals surface area contributed by atoms with Crippen molar-refractivity contribution in [2.75, 3.05) is 7.05 Å². The maximum absolute atomic E-state index is 13.8. The molecule has 0 radical (unpaired) electrons. The topological polar surface area (TPSA) is 70.8 Å². The first kappa shape index (κ1) is 17.7. The maximum atomic E-state index is 13.8. The summed E-state index contributed by atoms with van der Waals surface area (Å²) in [5, 5.41) is 9.00. The van der Waals surface area contributed by atoms with Crippen molar-refractivity contribution in [1.82, 2.24) is 4.90 Å². The normalized spacial score (nSPS) is 12.0. The zero-order valence-corrected chi connectivity index (χ0v) is 13.5. The SMILES string of the molecule is Cc1oc(CN(C)C(=O)C(C)c2c(F)cccc2F)cc1C(=O)O. The molecule has 1 unspecified atom stereocenters. The Kier molecular flexibility index (Phi) is 5.02. The van der Waals surface area contributed by atoms with Crippen molar-refractivity contribution in [3.63, 3.8) is 0 Å². The highest BCUT2D eigenvalue weighted by atomic mass is 19.1. The highest BCUT2D eigenvalue weighted by molar-refractivity contribution is 5.89. The van der Waals surface area contributed by atoms with Crippen LogP contribution in [0.4, 0.5) is 8.78 Å². The fourth-order valence-corrected chi connectivity index (χ4v) is 2.52. The van der Waals surface area contributed by atoms with Gasteiger partial charge in [-0.3, -0.25) is 4.79 Å². The van der Waals surface area contributed by atoms with Crippen LogP contribution in [-0.2, 0) is 11.3 Å². The number of aromatic carboxylic acids is 1. The van der Waals surface area contributed by atoms with E-state index in [4.69, 9.17) is 9.52 Å². The van der Waals surface area contributed by atoms with Gasteiger partial charge in [-0.25, -0.2) is 13.6 Å². The molecule has 0 aliphatic heterocycles. The molecule has 0 bridgehead atoms. The summed E-state index contributed by atoms with van der Waals surface area (Å²) in [4.78, 5) is 24.6. The molecule has 0 aliphatic carbocycles. The first-order valence-electron chi connectivity index (χ1n) is 7.23. The third-order valence-electron chi connectivity index (χ3n) is 3.77. The molecule has 1 amide bonds. The Bertz CT molecular complexity index is 765. The van der Waals surface area contributed by atoms with Crippen molar-refractivity contribution < 1.29 is 27.9 Å². The summed E-state index contributed by atoms with van der Waals surface area (Å²) in [6.07, 6.45) is 0. The second-order valence-electron chi connectivity index (χ2n) is 5.54. The Morgan fingerprint density at radius 3 is 2.38 bits per heavy atom. The summed E-state index contributed by atoms with van der Waals surface area (Å²) in [6, 6.07) is 4.75. The van der Waals surface area contributed by atoms with E-state index in [9.17, 15) is 18.4 Å². The number of furan rings is 1. The van der Waals surface area contributed by atoms with Gasteiger partial charge in [-0.2, -0.15) is 0 Å². The number of rotatable bonds is 5. The molecule has 1 aromatic heterocycles. The molecule has 0 aliphatic rings. The van der Waals surface area contributed by atoms with Gasteiger partial charge in [-0.1, -0.05) is 6.07 Å². The molecule has 128 valence electrons. The first-order chi connectivity index (χ1) is 11.2. The second-order valence-corrected chi connectivity index (χ2v) is 5.54. The number of amides is 1. The zero-order valence-electron chi connectivity index (χ0n) is 13.5. The first-order valence-corrected chi connectivity index (χ1v) is 7.23. The van der Waals surface area contributed by atoms with Gasteiger partial charge in [0.15, 0.2) is 0 Å². The molecular weight excluding hydrogens is 320 g/mol. The van der Waals surface area contributed by atoms with Gasteiger partial charge in [-0.05, 0) is 32.0 Å². The minimum atomic E-state index is -1.13. The monoisotopic (exact) mass is 337 g/mol. The number of aryl methyl sites for hydroxylation is 1. The minimum Gasteiger partial charge on any atom is -0.478 e. The average Bonchev–Trinajstić information content (AvgIpc) is 2.86. The largest absolute Gasteiger partial charge is 0.478 e. The van der Waals surface area contributed by atoms with Crippen LogP contribution in [0.3, 0.4) is 0 Å². The van der Waals surface area contributed by atoms with Crippen LogP contribution in [0.1, 0.15) is 40.3 Å². The number of carbonyl (C=O) groups excluding carboxylic acids is 1. The van der Waals surface area contributed by atoms with Crippen molar-refractivity contribution in [2.24, 2.45) is 0 Å². The van der Waals surface area contributed by atoms with Crippen molar-refractivity contribution in [3.05, 3.63) is 58.5 Å². The summed E-state index contributed by atoms with van der Waals surface area (Å²) >= 11 is 0. The number of carbonyl (C=O) groups is 2. The van der Waals surface area contributed by atoms with E-state index in [1.165, 1.54) is 37.9 Å². The molecule has 2 rings (SSSR count). The highest BCUT2D eigenvalue weighted by Crippen LogP contribution is 2.25. The summed E-state index contributed by atoms with van der Waals surface area (Å²) < 4.78 is 32.9. The van der Waals surface area contributed by atoms with E-state index in [2.05, 4.69) is 0 Å². The fourth-order valence-electron chi connectivity index (χ4n) is 2.52. The molecule has 5 nitrogen and oxygen atoms in total. The van der Waals surface area contributed by atoms with Crippen LogP contribution >= 0.6 is 0 Å². The molecule has 24 heavy (non-hydrogen) atoms. The van der Waals surface area contributed by atoms with Gasteiger partial charge in [0, 0.05) is 12.6 Å². The fraction of sp³-hybridized carbons (Fsp3) is 0.294. The predicted molar refractivity (Wildman–Crippen MR) is 81.7 cm³/mol.